The third kappa shape index (κ3) is 2.57. The molecule has 0 bridgehead atoms. The average Bonchev–Trinajstić information content (AvgIpc) is 2.32. The van der Waals surface area contributed by atoms with E-state index in [1.54, 1.807) is 12.3 Å². The zero-order valence-electron chi connectivity index (χ0n) is 9.18. The Morgan fingerprint density at radius 3 is 2.59 bits per heavy atom. The minimum atomic E-state index is -0.525. The van der Waals surface area contributed by atoms with Gasteiger partial charge in [-0.2, -0.15) is 0 Å². The van der Waals surface area contributed by atoms with Gasteiger partial charge >= 0.3 is 0 Å². The van der Waals surface area contributed by atoms with Crippen LogP contribution in [0.25, 0.3) is 0 Å². The maximum absolute atomic E-state index is 13.5. The maximum atomic E-state index is 13.5. The zero-order valence-corrected chi connectivity index (χ0v) is 9.18. The first kappa shape index (κ1) is 11.5. The van der Waals surface area contributed by atoms with Crippen molar-refractivity contribution in [3.05, 3.63) is 53.7 Å². The molecule has 2 aromatic heterocycles. The number of aromatic nitrogens is 2. The van der Waals surface area contributed by atoms with Gasteiger partial charge in [-0.15, -0.1) is 0 Å². The van der Waals surface area contributed by atoms with Gasteiger partial charge in [0.25, 0.3) is 0 Å². The maximum Gasteiger partial charge on any atom is 0.146 e. The highest BCUT2D eigenvalue weighted by Gasteiger charge is 2.14. The van der Waals surface area contributed by atoms with E-state index >= 15 is 0 Å². The van der Waals surface area contributed by atoms with Crippen molar-refractivity contribution in [3.63, 3.8) is 0 Å². The number of halogens is 1. The molecule has 17 heavy (non-hydrogen) atoms. The highest BCUT2D eigenvalue weighted by Crippen LogP contribution is 2.18. The molecule has 1 atom stereocenters. The molecule has 0 saturated heterocycles. The number of pyridine rings is 2. The molecule has 0 aliphatic carbocycles. The fourth-order valence-electron chi connectivity index (χ4n) is 1.63. The summed E-state index contributed by atoms with van der Waals surface area (Å²) < 4.78 is 13.5. The van der Waals surface area contributed by atoms with Crippen molar-refractivity contribution in [2.45, 2.75) is 12.5 Å². The van der Waals surface area contributed by atoms with Crippen molar-refractivity contribution in [1.29, 1.82) is 0 Å². The van der Waals surface area contributed by atoms with E-state index in [2.05, 4.69) is 9.97 Å². The van der Waals surface area contributed by atoms with Crippen molar-refractivity contribution < 1.29 is 4.39 Å². The Kier molecular flexibility index (Phi) is 3.30. The van der Waals surface area contributed by atoms with E-state index in [0.717, 1.165) is 5.56 Å². The molecular formula is C12H13FN4. The van der Waals surface area contributed by atoms with E-state index in [1.807, 2.05) is 6.07 Å². The largest absolute Gasteiger partial charge is 0.383 e. The number of nitrogen functional groups attached to an aromatic ring is 1. The molecule has 2 aromatic rings. The standard InChI is InChI=1S/C12H13FN4/c13-9-4-2-5-16-11(9)10(14)7-8-3-1-6-17-12(8)15/h1-6,10H,7,14H2,(H2,15,17). The number of hydrogen-bond acceptors (Lipinski definition) is 4. The van der Waals surface area contributed by atoms with E-state index in [9.17, 15) is 4.39 Å². The Labute approximate surface area is 98.5 Å². The molecule has 4 nitrogen and oxygen atoms in total. The Hall–Kier alpha value is -2.01. The number of nitrogens with two attached hydrogens (primary N) is 2. The molecule has 0 fully saturated rings. The Morgan fingerprint density at radius 1 is 1.18 bits per heavy atom. The van der Waals surface area contributed by atoms with Crippen LogP contribution in [0.4, 0.5) is 10.2 Å². The average molecular weight is 232 g/mol. The van der Waals surface area contributed by atoms with Crippen molar-refractivity contribution >= 4 is 5.82 Å². The summed E-state index contributed by atoms with van der Waals surface area (Å²) in [7, 11) is 0. The molecule has 0 aliphatic heterocycles. The van der Waals surface area contributed by atoms with E-state index in [1.165, 1.54) is 18.3 Å². The highest BCUT2D eigenvalue weighted by molar-refractivity contribution is 5.39. The summed E-state index contributed by atoms with van der Waals surface area (Å²) in [6, 6.07) is 5.94. The molecule has 0 saturated carbocycles. The van der Waals surface area contributed by atoms with Crippen LogP contribution in [0.5, 0.6) is 0 Å². The molecule has 4 N–H and O–H groups in total. The SMILES string of the molecule is Nc1ncccc1CC(N)c1ncccc1F. The van der Waals surface area contributed by atoms with Crippen molar-refractivity contribution in [1.82, 2.24) is 9.97 Å². The first-order valence-corrected chi connectivity index (χ1v) is 5.24. The molecule has 0 radical (unpaired) electrons. The van der Waals surface area contributed by atoms with Crippen LogP contribution in [0.15, 0.2) is 36.7 Å². The lowest BCUT2D eigenvalue weighted by atomic mass is 10.0. The predicted molar refractivity (Wildman–Crippen MR) is 63.5 cm³/mol. The van der Waals surface area contributed by atoms with Crippen LogP contribution < -0.4 is 11.5 Å². The van der Waals surface area contributed by atoms with E-state index in [-0.39, 0.29) is 5.69 Å². The molecular weight excluding hydrogens is 219 g/mol. The Balaban J connectivity index is 2.20. The summed E-state index contributed by atoms with van der Waals surface area (Å²) in [6.45, 7) is 0. The zero-order chi connectivity index (χ0) is 12.3. The van der Waals surface area contributed by atoms with Gasteiger partial charge in [0, 0.05) is 12.4 Å². The van der Waals surface area contributed by atoms with Gasteiger partial charge in [0.05, 0.1) is 11.7 Å². The van der Waals surface area contributed by atoms with Crippen LogP contribution in [0.2, 0.25) is 0 Å². The smallest absolute Gasteiger partial charge is 0.146 e. The molecule has 2 rings (SSSR count). The van der Waals surface area contributed by atoms with Gasteiger partial charge in [-0.05, 0) is 30.2 Å². The van der Waals surface area contributed by atoms with Crippen LogP contribution in [0.1, 0.15) is 17.3 Å². The van der Waals surface area contributed by atoms with Gasteiger partial charge in [-0.25, -0.2) is 9.37 Å². The summed E-state index contributed by atoms with van der Waals surface area (Å²) in [6.07, 6.45) is 3.53. The molecule has 5 heteroatoms. The van der Waals surface area contributed by atoms with Crippen LogP contribution in [-0.4, -0.2) is 9.97 Å². The fourth-order valence-corrected chi connectivity index (χ4v) is 1.63. The van der Waals surface area contributed by atoms with Crippen molar-refractivity contribution in [2.24, 2.45) is 5.73 Å². The molecule has 0 aromatic carbocycles. The second kappa shape index (κ2) is 4.88. The van der Waals surface area contributed by atoms with Gasteiger partial charge in [0.15, 0.2) is 0 Å². The summed E-state index contributed by atoms with van der Waals surface area (Å²) >= 11 is 0. The summed E-state index contributed by atoms with van der Waals surface area (Å²) in [5.74, 6) is 0.0155. The molecule has 1 unspecified atom stereocenters. The minimum Gasteiger partial charge on any atom is -0.383 e. The number of nitrogens with zero attached hydrogens (tertiary/aromatic N) is 2. The molecule has 0 aliphatic rings. The van der Waals surface area contributed by atoms with E-state index in [0.29, 0.717) is 12.2 Å². The van der Waals surface area contributed by atoms with E-state index < -0.39 is 11.9 Å². The number of rotatable bonds is 3. The summed E-state index contributed by atoms with van der Waals surface area (Å²) in [5, 5.41) is 0. The van der Waals surface area contributed by atoms with Crippen LogP contribution in [0.3, 0.4) is 0 Å². The topological polar surface area (TPSA) is 77.8 Å². The lowest BCUT2D eigenvalue weighted by molar-refractivity contribution is 0.564. The second-order valence-electron chi connectivity index (χ2n) is 3.73. The summed E-state index contributed by atoms with van der Waals surface area (Å²) in [4.78, 5) is 7.90. The monoisotopic (exact) mass is 232 g/mol. The van der Waals surface area contributed by atoms with Crippen molar-refractivity contribution in [3.8, 4) is 0 Å². The number of hydrogen-bond donors (Lipinski definition) is 2. The lowest BCUT2D eigenvalue weighted by Crippen LogP contribution is -2.17. The van der Waals surface area contributed by atoms with Crippen molar-refractivity contribution in [2.75, 3.05) is 5.73 Å². The predicted octanol–water partition coefficient (Wildman–Crippen LogP) is 1.44. The van der Waals surface area contributed by atoms with Crippen LogP contribution in [-0.2, 0) is 6.42 Å². The Bertz CT molecular complexity index is 515. The second-order valence-corrected chi connectivity index (χ2v) is 3.73. The highest BCUT2D eigenvalue weighted by atomic mass is 19.1. The molecule has 0 amide bonds. The van der Waals surface area contributed by atoms with Crippen LogP contribution >= 0.6 is 0 Å². The minimum absolute atomic E-state index is 0.246. The number of anilines is 1. The fraction of sp³-hybridized carbons (Fsp3) is 0.167. The van der Waals surface area contributed by atoms with Gasteiger partial charge in [0.2, 0.25) is 0 Å². The van der Waals surface area contributed by atoms with E-state index in [4.69, 9.17) is 11.5 Å². The molecule has 2 heterocycles. The Morgan fingerprint density at radius 2 is 1.88 bits per heavy atom. The van der Waals surface area contributed by atoms with Gasteiger partial charge in [0.1, 0.15) is 11.6 Å². The van der Waals surface area contributed by atoms with Gasteiger partial charge in [-0.1, -0.05) is 6.07 Å². The van der Waals surface area contributed by atoms with Gasteiger partial charge in [-0.3, -0.25) is 4.98 Å². The third-order valence-electron chi connectivity index (χ3n) is 2.50. The normalized spacial score (nSPS) is 12.4. The van der Waals surface area contributed by atoms with Gasteiger partial charge < -0.3 is 11.5 Å². The van der Waals surface area contributed by atoms with Crippen LogP contribution in [0, 0.1) is 5.82 Å². The molecule has 0 spiro atoms. The molecule has 88 valence electrons. The lowest BCUT2D eigenvalue weighted by Gasteiger charge is -2.12. The quantitative estimate of drug-likeness (QED) is 0.839. The first-order valence-electron chi connectivity index (χ1n) is 5.24. The third-order valence-corrected chi connectivity index (χ3v) is 2.50. The summed E-state index contributed by atoms with van der Waals surface area (Å²) in [5.41, 5.74) is 12.7. The first-order chi connectivity index (χ1) is 8.18.